The average Bonchev–Trinajstić information content (AvgIpc) is 3.38. The molecule has 8 heteroatoms. The summed E-state index contributed by atoms with van der Waals surface area (Å²) in [6.45, 7) is 2.00. The second kappa shape index (κ2) is 8.24. The number of carbonyl (C=O) groups excluding carboxylic acids is 1. The van der Waals surface area contributed by atoms with Gasteiger partial charge in [-0.15, -0.1) is 10.2 Å². The highest BCUT2D eigenvalue weighted by molar-refractivity contribution is 8.00. The summed E-state index contributed by atoms with van der Waals surface area (Å²) in [6, 6.07) is 20.6. The number of benzene rings is 2. The van der Waals surface area contributed by atoms with Crippen molar-refractivity contribution in [1.82, 2.24) is 14.9 Å². The molecule has 0 radical (unpaired) electrons. The summed E-state index contributed by atoms with van der Waals surface area (Å²) in [5.74, 6) is 6.89. The van der Waals surface area contributed by atoms with Crippen LogP contribution >= 0.6 is 11.8 Å². The zero-order valence-electron chi connectivity index (χ0n) is 15.6. The number of nitrogen functional groups attached to an aromatic ring is 1. The molecule has 0 bridgehead atoms. The van der Waals surface area contributed by atoms with Gasteiger partial charge in [-0.3, -0.25) is 4.79 Å². The summed E-state index contributed by atoms with van der Waals surface area (Å²) < 4.78 is 6.68. The lowest BCUT2D eigenvalue weighted by molar-refractivity contribution is -0.115. The standard InChI is InChI=1S/C21H19N5O2S/c1-14-9-11-16(12-10-14)23-20(27)18(15-6-3-2-4-7-15)29-21-25-24-19(26(21)22)17-8-5-13-28-17/h2-13,18H,22H2,1H3,(H,23,27)/t18-/m0/s1. The highest BCUT2D eigenvalue weighted by Crippen LogP contribution is 2.36. The Labute approximate surface area is 171 Å². The van der Waals surface area contributed by atoms with E-state index in [2.05, 4.69) is 15.5 Å². The summed E-state index contributed by atoms with van der Waals surface area (Å²) in [7, 11) is 0. The fourth-order valence-corrected chi connectivity index (χ4v) is 3.74. The van der Waals surface area contributed by atoms with Crippen molar-refractivity contribution in [1.29, 1.82) is 0 Å². The lowest BCUT2D eigenvalue weighted by Crippen LogP contribution is -2.20. The van der Waals surface area contributed by atoms with E-state index in [1.165, 1.54) is 16.4 Å². The number of hydrogen-bond donors (Lipinski definition) is 2. The number of carbonyl (C=O) groups is 1. The van der Waals surface area contributed by atoms with Crippen molar-refractivity contribution in [3.8, 4) is 11.6 Å². The van der Waals surface area contributed by atoms with E-state index in [0.29, 0.717) is 16.7 Å². The molecule has 4 aromatic rings. The number of nitrogens with zero attached hydrogens (tertiary/aromatic N) is 3. The number of furan rings is 1. The highest BCUT2D eigenvalue weighted by Gasteiger charge is 2.26. The lowest BCUT2D eigenvalue weighted by atomic mass is 10.1. The van der Waals surface area contributed by atoms with Gasteiger partial charge in [0.05, 0.1) is 6.26 Å². The van der Waals surface area contributed by atoms with E-state index in [9.17, 15) is 4.79 Å². The van der Waals surface area contributed by atoms with Gasteiger partial charge in [-0.2, -0.15) is 0 Å². The van der Waals surface area contributed by atoms with Gasteiger partial charge in [0.15, 0.2) is 5.76 Å². The molecule has 0 aliphatic heterocycles. The van der Waals surface area contributed by atoms with Gasteiger partial charge in [-0.05, 0) is 36.8 Å². The van der Waals surface area contributed by atoms with Gasteiger partial charge in [-0.1, -0.05) is 59.8 Å². The first kappa shape index (κ1) is 18.8. The number of anilines is 1. The molecular weight excluding hydrogens is 386 g/mol. The summed E-state index contributed by atoms with van der Waals surface area (Å²) >= 11 is 1.23. The lowest BCUT2D eigenvalue weighted by Gasteiger charge is -2.16. The highest BCUT2D eigenvalue weighted by atomic mass is 32.2. The molecule has 2 aromatic heterocycles. The third-order valence-electron chi connectivity index (χ3n) is 4.29. The maximum absolute atomic E-state index is 13.1. The second-order valence-electron chi connectivity index (χ2n) is 6.42. The van der Waals surface area contributed by atoms with Crippen LogP contribution in [0.1, 0.15) is 16.4 Å². The Hall–Kier alpha value is -3.52. The minimum absolute atomic E-state index is 0.174. The Morgan fingerprint density at radius 2 is 1.83 bits per heavy atom. The third-order valence-corrected chi connectivity index (χ3v) is 5.50. The van der Waals surface area contributed by atoms with E-state index in [0.717, 1.165) is 16.8 Å². The average molecular weight is 405 g/mol. The Morgan fingerprint density at radius 1 is 1.07 bits per heavy atom. The molecule has 0 saturated heterocycles. The first-order chi connectivity index (χ1) is 14.1. The van der Waals surface area contributed by atoms with Gasteiger partial charge >= 0.3 is 0 Å². The Kier molecular flexibility index (Phi) is 5.35. The molecule has 0 aliphatic rings. The van der Waals surface area contributed by atoms with Gasteiger partial charge in [0, 0.05) is 5.69 Å². The predicted molar refractivity (Wildman–Crippen MR) is 113 cm³/mol. The van der Waals surface area contributed by atoms with Gasteiger partial charge in [0.1, 0.15) is 5.25 Å². The van der Waals surface area contributed by atoms with Crippen LogP contribution in [-0.2, 0) is 4.79 Å². The van der Waals surface area contributed by atoms with E-state index in [1.54, 1.807) is 18.4 Å². The molecule has 2 heterocycles. The van der Waals surface area contributed by atoms with E-state index in [4.69, 9.17) is 10.3 Å². The number of hydrogen-bond acceptors (Lipinski definition) is 6. The molecule has 3 N–H and O–H groups in total. The quantitative estimate of drug-likeness (QED) is 0.371. The first-order valence-electron chi connectivity index (χ1n) is 8.95. The smallest absolute Gasteiger partial charge is 0.242 e. The number of amides is 1. The third kappa shape index (κ3) is 4.17. The number of nitrogens with two attached hydrogens (primary N) is 1. The van der Waals surface area contributed by atoms with Crippen molar-refractivity contribution in [3.05, 3.63) is 84.1 Å². The van der Waals surface area contributed by atoms with Crippen molar-refractivity contribution in [3.63, 3.8) is 0 Å². The summed E-state index contributed by atoms with van der Waals surface area (Å²) in [4.78, 5) is 13.1. The van der Waals surface area contributed by atoms with Crippen LogP contribution in [0.4, 0.5) is 5.69 Å². The van der Waals surface area contributed by atoms with E-state index in [-0.39, 0.29) is 5.91 Å². The molecule has 1 amide bonds. The van der Waals surface area contributed by atoms with Crippen molar-refractivity contribution in [2.75, 3.05) is 11.2 Å². The Morgan fingerprint density at radius 3 is 2.52 bits per heavy atom. The van der Waals surface area contributed by atoms with Crippen LogP contribution in [0.15, 0.2) is 82.6 Å². The van der Waals surface area contributed by atoms with Gasteiger partial charge in [0.2, 0.25) is 16.9 Å². The van der Waals surface area contributed by atoms with Crippen LogP contribution in [0.2, 0.25) is 0 Å². The fourth-order valence-electron chi connectivity index (χ4n) is 2.78. The number of nitrogens with one attached hydrogen (secondary N) is 1. The number of aromatic nitrogens is 3. The zero-order valence-corrected chi connectivity index (χ0v) is 16.5. The molecule has 0 spiro atoms. The minimum atomic E-state index is -0.562. The fraction of sp³-hybridized carbons (Fsp3) is 0.0952. The maximum atomic E-state index is 13.1. The molecule has 0 fully saturated rings. The molecular formula is C21H19N5O2S. The van der Waals surface area contributed by atoms with Crippen LogP contribution in [0.25, 0.3) is 11.6 Å². The van der Waals surface area contributed by atoms with Crippen molar-refractivity contribution < 1.29 is 9.21 Å². The number of rotatable bonds is 6. The second-order valence-corrected chi connectivity index (χ2v) is 7.49. The Balaban J connectivity index is 1.61. The number of thioether (sulfide) groups is 1. The molecule has 0 saturated carbocycles. The molecule has 4 rings (SSSR count). The number of aryl methyl sites for hydroxylation is 1. The molecule has 7 nitrogen and oxygen atoms in total. The topological polar surface area (TPSA) is 99.0 Å². The molecule has 146 valence electrons. The van der Waals surface area contributed by atoms with Crippen molar-refractivity contribution >= 4 is 23.4 Å². The minimum Gasteiger partial charge on any atom is -0.461 e. The van der Waals surface area contributed by atoms with Crippen LogP contribution in [0, 0.1) is 6.92 Å². The van der Waals surface area contributed by atoms with Gasteiger partial charge in [0.25, 0.3) is 0 Å². The normalized spacial score (nSPS) is 11.9. The maximum Gasteiger partial charge on any atom is 0.242 e. The summed E-state index contributed by atoms with van der Waals surface area (Å²) in [5, 5.41) is 11.1. The van der Waals surface area contributed by atoms with Crippen LogP contribution in [0.5, 0.6) is 0 Å². The van der Waals surface area contributed by atoms with Crippen LogP contribution in [0.3, 0.4) is 0 Å². The largest absolute Gasteiger partial charge is 0.461 e. The predicted octanol–water partition coefficient (Wildman–Crippen LogP) is 4.03. The molecule has 1 atom stereocenters. The molecule has 29 heavy (non-hydrogen) atoms. The van der Waals surface area contributed by atoms with E-state index < -0.39 is 5.25 Å². The molecule has 0 aliphatic carbocycles. The Bertz CT molecular complexity index is 1090. The first-order valence-corrected chi connectivity index (χ1v) is 9.83. The van der Waals surface area contributed by atoms with E-state index in [1.807, 2.05) is 61.5 Å². The monoisotopic (exact) mass is 405 g/mol. The van der Waals surface area contributed by atoms with Gasteiger partial charge < -0.3 is 15.6 Å². The molecule has 0 unspecified atom stereocenters. The summed E-state index contributed by atoms with van der Waals surface area (Å²) in [5.41, 5.74) is 2.69. The molecule has 2 aromatic carbocycles. The zero-order chi connectivity index (χ0) is 20.2. The van der Waals surface area contributed by atoms with Crippen molar-refractivity contribution in [2.45, 2.75) is 17.3 Å². The van der Waals surface area contributed by atoms with E-state index >= 15 is 0 Å². The van der Waals surface area contributed by atoms with Gasteiger partial charge in [-0.25, -0.2) is 4.68 Å². The van der Waals surface area contributed by atoms with Crippen LogP contribution < -0.4 is 11.2 Å². The SMILES string of the molecule is Cc1ccc(NC(=O)[C@@H](Sc2nnc(-c3ccco3)n2N)c2ccccc2)cc1. The van der Waals surface area contributed by atoms with Crippen LogP contribution in [-0.4, -0.2) is 20.8 Å². The van der Waals surface area contributed by atoms with Crippen molar-refractivity contribution in [2.24, 2.45) is 0 Å². The summed E-state index contributed by atoms with van der Waals surface area (Å²) in [6.07, 6.45) is 1.54.